The van der Waals surface area contributed by atoms with Gasteiger partial charge in [-0.25, -0.2) is 4.79 Å². The molecule has 1 amide bonds. The van der Waals surface area contributed by atoms with Gasteiger partial charge in [-0.1, -0.05) is 36.8 Å². The van der Waals surface area contributed by atoms with Crippen LogP contribution in [0.4, 0.5) is 0 Å². The summed E-state index contributed by atoms with van der Waals surface area (Å²) in [5.41, 5.74) is 4.14. The minimum atomic E-state index is -1.37. The van der Waals surface area contributed by atoms with Crippen molar-refractivity contribution in [2.24, 2.45) is 0 Å². The van der Waals surface area contributed by atoms with Crippen molar-refractivity contribution in [2.75, 3.05) is 0 Å². The zero-order chi connectivity index (χ0) is 23.0. The van der Waals surface area contributed by atoms with E-state index in [-0.39, 0.29) is 18.4 Å². The number of aryl methyl sites for hydroxylation is 2. The number of carbonyl (C=O) groups excluding carboxylic acids is 2. The maximum absolute atomic E-state index is 12.6. The van der Waals surface area contributed by atoms with Gasteiger partial charge in [-0.15, -0.1) is 0 Å². The average Bonchev–Trinajstić information content (AvgIpc) is 3.17. The summed E-state index contributed by atoms with van der Waals surface area (Å²) in [7, 11) is 0. The van der Waals surface area contributed by atoms with Gasteiger partial charge in [0.2, 0.25) is 5.91 Å². The molecule has 0 fully saturated rings. The number of nitrogens with one attached hydrogen (secondary N) is 1. The molecule has 0 aliphatic rings. The highest BCUT2D eigenvalue weighted by atomic mass is 16.4. The molecule has 0 saturated carbocycles. The van der Waals surface area contributed by atoms with E-state index in [4.69, 9.17) is 8.83 Å². The van der Waals surface area contributed by atoms with Gasteiger partial charge < -0.3 is 24.1 Å². The highest BCUT2D eigenvalue weighted by Crippen LogP contribution is 2.34. The lowest BCUT2D eigenvalue weighted by molar-refractivity contribution is -0.308. The Hall–Kier alpha value is -3.87. The monoisotopic (exact) mass is 432 g/mol. The molecule has 7 nitrogen and oxygen atoms in total. The number of benzene rings is 2. The van der Waals surface area contributed by atoms with Crippen LogP contribution in [0.2, 0.25) is 0 Å². The first-order valence-corrected chi connectivity index (χ1v) is 10.3. The summed E-state index contributed by atoms with van der Waals surface area (Å²) in [5.74, 6) is -1.95. The minimum Gasteiger partial charge on any atom is -0.548 e. The van der Waals surface area contributed by atoms with Crippen LogP contribution in [0.1, 0.15) is 30.0 Å². The van der Waals surface area contributed by atoms with E-state index in [1.807, 2.05) is 37.3 Å². The van der Waals surface area contributed by atoms with Crippen molar-refractivity contribution >= 4 is 33.8 Å². The fourth-order valence-corrected chi connectivity index (χ4v) is 3.80. The van der Waals surface area contributed by atoms with Gasteiger partial charge in [0, 0.05) is 22.4 Å². The van der Waals surface area contributed by atoms with Gasteiger partial charge in [0.1, 0.15) is 11.2 Å². The summed E-state index contributed by atoms with van der Waals surface area (Å²) < 4.78 is 11.2. The van der Waals surface area contributed by atoms with Crippen LogP contribution in [0.3, 0.4) is 0 Å². The molecule has 32 heavy (non-hydrogen) atoms. The van der Waals surface area contributed by atoms with Crippen molar-refractivity contribution in [3.05, 3.63) is 69.8 Å². The van der Waals surface area contributed by atoms with E-state index in [1.54, 1.807) is 26.2 Å². The number of aliphatic carboxylic acids is 1. The smallest absolute Gasteiger partial charge is 0.340 e. The Morgan fingerprint density at radius 3 is 2.44 bits per heavy atom. The molecule has 0 aliphatic heterocycles. The van der Waals surface area contributed by atoms with Crippen molar-refractivity contribution in [3.8, 4) is 11.1 Å². The quantitative estimate of drug-likeness (QED) is 0.469. The van der Waals surface area contributed by atoms with E-state index in [1.165, 1.54) is 0 Å². The van der Waals surface area contributed by atoms with E-state index in [9.17, 15) is 19.5 Å². The third-order valence-corrected chi connectivity index (χ3v) is 5.71. The number of rotatable bonds is 6. The van der Waals surface area contributed by atoms with Crippen LogP contribution in [0.5, 0.6) is 0 Å². The Kier molecular flexibility index (Phi) is 5.57. The van der Waals surface area contributed by atoms with E-state index in [0.717, 1.165) is 22.1 Å². The van der Waals surface area contributed by atoms with Gasteiger partial charge in [0.25, 0.3) is 0 Å². The molecular formula is C25H22NO6-. The van der Waals surface area contributed by atoms with Crippen molar-refractivity contribution in [3.63, 3.8) is 0 Å². The predicted octanol–water partition coefficient (Wildman–Crippen LogP) is 3.01. The largest absolute Gasteiger partial charge is 0.548 e. The molecule has 1 N–H and O–H groups in total. The lowest BCUT2D eigenvalue weighted by atomic mass is 9.99. The molecule has 2 aromatic carbocycles. The Labute approximate surface area is 183 Å². The van der Waals surface area contributed by atoms with Gasteiger partial charge in [-0.2, -0.15) is 0 Å². The Bertz CT molecular complexity index is 1390. The van der Waals surface area contributed by atoms with Crippen LogP contribution in [0, 0.1) is 13.8 Å². The maximum Gasteiger partial charge on any atom is 0.340 e. The van der Waals surface area contributed by atoms with E-state index in [0.29, 0.717) is 22.1 Å². The van der Waals surface area contributed by atoms with Crippen LogP contribution in [0.25, 0.3) is 33.1 Å². The SMILES string of the molecule is CC[C@H](NC(=O)Cc1c(C)c2cc3c(-c4ccc(C)cc4)coc3cc2oc1=O)C(=O)[O-]. The summed E-state index contributed by atoms with van der Waals surface area (Å²) in [6.07, 6.45) is 1.56. The standard InChI is InChI=1S/C25H23NO6/c1-4-20(24(28)29)26-23(27)10-17-14(3)16-9-18-19(15-7-5-13(2)6-8-15)12-31-21(18)11-22(16)32-25(17)30/h5-9,11-12,20H,4,10H2,1-3H3,(H,26,27)(H,28,29)/p-1/t20-/m0/s1. The van der Waals surface area contributed by atoms with Crippen molar-refractivity contribution in [2.45, 2.75) is 39.7 Å². The topological polar surface area (TPSA) is 113 Å². The molecule has 164 valence electrons. The van der Waals surface area contributed by atoms with Crippen LogP contribution >= 0.6 is 0 Å². The molecule has 2 aromatic heterocycles. The van der Waals surface area contributed by atoms with Crippen LogP contribution in [-0.2, 0) is 16.0 Å². The van der Waals surface area contributed by atoms with Crippen LogP contribution < -0.4 is 16.0 Å². The Balaban J connectivity index is 1.77. The van der Waals surface area contributed by atoms with Crippen molar-refractivity contribution in [1.29, 1.82) is 0 Å². The molecule has 4 aromatic rings. The zero-order valence-corrected chi connectivity index (χ0v) is 18.0. The van der Waals surface area contributed by atoms with Crippen LogP contribution in [-0.4, -0.2) is 17.9 Å². The molecule has 0 spiro atoms. The fraction of sp³-hybridized carbons (Fsp3) is 0.240. The van der Waals surface area contributed by atoms with E-state index >= 15 is 0 Å². The molecular weight excluding hydrogens is 410 g/mol. The van der Waals surface area contributed by atoms with Gasteiger partial charge in [0.05, 0.1) is 30.3 Å². The number of fused-ring (bicyclic) bond motifs is 2. The first-order chi connectivity index (χ1) is 15.3. The first-order valence-electron chi connectivity index (χ1n) is 10.3. The average molecular weight is 432 g/mol. The minimum absolute atomic E-state index is 0.180. The number of hydrogen-bond acceptors (Lipinski definition) is 6. The highest BCUT2D eigenvalue weighted by molar-refractivity contribution is 6.02. The van der Waals surface area contributed by atoms with Crippen molar-refractivity contribution in [1.82, 2.24) is 5.32 Å². The third kappa shape index (κ3) is 3.89. The lowest BCUT2D eigenvalue weighted by Crippen LogP contribution is -2.48. The molecule has 0 saturated heterocycles. The number of carboxylic acid groups (broad SMARTS) is 1. The molecule has 7 heteroatoms. The zero-order valence-electron chi connectivity index (χ0n) is 18.0. The van der Waals surface area contributed by atoms with Crippen molar-refractivity contribution < 1.29 is 23.5 Å². The second-order valence-corrected chi connectivity index (χ2v) is 7.88. The lowest BCUT2D eigenvalue weighted by Gasteiger charge is -2.18. The van der Waals surface area contributed by atoms with Gasteiger partial charge >= 0.3 is 5.63 Å². The van der Waals surface area contributed by atoms with Gasteiger partial charge in [0.15, 0.2) is 0 Å². The molecule has 0 unspecified atom stereocenters. The second kappa shape index (κ2) is 8.34. The predicted molar refractivity (Wildman–Crippen MR) is 118 cm³/mol. The normalized spacial score (nSPS) is 12.2. The number of amides is 1. The Morgan fingerprint density at radius 1 is 1.06 bits per heavy atom. The maximum atomic E-state index is 12.6. The molecule has 2 heterocycles. The second-order valence-electron chi connectivity index (χ2n) is 7.88. The summed E-state index contributed by atoms with van der Waals surface area (Å²) in [6.45, 7) is 5.39. The summed E-state index contributed by atoms with van der Waals surface area (Å²) in [5, 5.41) is 15.0. The molecule has 1 atom stereocenters. The third-order valence-electron chi connectivity index (χ3n) is 5.71. The fourth-order valence-electron chi connectivity index (χ4n) is 3.80. The summed E-state index contributed by atoms with van der Waals surface area (Å²) in [6, 6.07) is 10.5. The molecule has 0 bridgehead atoms. The van der Waals surface area contributed by atoms with E-state index in [2.05, 4.69) is 5.32 Å². The molecule has 0 aliphatic carbocycles. The van der Waals surface area contributed by atoms with E-state index < -0.39 is 23.5 Å². The number of carboxylic acids is 1. The molecule has 4 rings (SSSR count). The number of furan rings is 1. The van der Waals surface area contributed by atoms with Crippen LogP contribution in [0.15, 0.2) is 56.3 Å². The number of carbonyl (C=O) groups is 2. The number of hydrogen-bond donors (Lipinski definition) is 1. The van der Waals surface area contributed by atoms with Gasteiger partial charge in [-0.3, -0.25) is 4.79 Å². The first kappa shape index (κ1) is 21.4. The highest BCUT2D eigenvalue weighted by Gasteiger charge is 2.19. The van der Waals surface area contributed by atoms with Gasteiger partial charge in [-0.05, 0) is 37.5 Å². The summed E-state index contributed by atoms with van der Waals surface area (Å²) >= 11 is 0. The molecule has 0 radical (unpaired) electrons. The summed E-state index contributed by atoms with van der Waals surface area (Å²) in [4.78, 5) is 36.0. The Morgan fingerprint density at radius 2 is 1.78 bits per heavy atom.